The number of ether oxygens (including phenoxy) is 1. The molecule has 2 aromatic rings. The van der Waals surface area contributed by atoms with Crippen LogP contribution in [0.2, 0.25) is 10.0 Å². The van der Waals surface area contributed by atoms with Crippen LogP contribution in [0.4, 0.5) is 0 Å². The molecule has 2 rings (SSSR count). The van der Waals surface area contributed by atoms with Gasteiger partial charge in [0.2, 0.25) is 5.91 Å². The zero-order chi connectivity index (χ0) is 19.8. The van der Waals surface area contributed by atoms with Gasteiger partial charge in [0.05, 0.1) is 19.6 Å². The summed E-state index contributed by atoms with van der Waals surface area (Å²) in [5, 5.41) is 3.87. The van der Waals surface area contributed by atoms with Crippen molar-refractivity contribution in [3.8, 4) is 0 Å². The standard InChI is InChI=1S/C20H19Cl2NO4/c1-27-20(26)12-17(13-2-6-15(21)7-3-13)23-19(25)11-10-18(24)14-4-8-16(22)9-5-14/h2-9,17H,10-12H2,1H3,(H,23,25). The third-order valence-corrected chi connectivity index (χ3v) is 4.46. The summed E-state index contributed by atoms with van der Waals surface area (Å²) >= 11 is 11.7. The molecule has 1 unspecified atom stereocenters. The highest BCUT2D eigenvalue weighted by Gasteiger charge is 2.19. The molecule has 0 aliphatic carbocycles. The Kier molecular flexibility index (Phi) is 7.82. The second-order valence-corrected chi connectivity index (χ2v) is 6.75. The first-order valence-electron chi connectivity index (χ1n) is 8.29. The lowest BCUT2D eigenvalue weighted by atomic mass is 10.0. The molecule has 0 radical (unpaired) electrons. The average molecular weight is 408 g/mol. The molecule has 27 heavy (non-hydrogen) atoms. The summed E-state index contributed by atoms with van der Waals surface area (Å²) in [6, 6.07) is 12.8. The van der Waals surface area contributed by atoms with Crippen molar-refractivity contribution in [3.63, 3.8) is 0 Å². The van der Waals surface area contributed by atoms with Gasteiger partial charge in [0.1, 0.15) is 0 Å². The molecule has 0 saturated heterocycles. The summed E-state index contributed by atoms with van der Waals surface area (Å²) in [4.78, 5) is 36.1. The molecule has 0 bridgehead atoms. The molecule has 2 aromatic carbocycles. The van der Waals surface area contributed by atoms with E-state index in [4.69, 9.17) is 27.9 Å². The van der Waals surface area contributed by atoms with Gasteiger partial charge < -0.3 is 10.1 Å². The van der Waals surface area contributed by atoms with Crippen LogP contribution < -0.4 is 5.32 Å². The fourth-order valence-electron chi connectivity index (χ4n) is 2.47. The minimum atomic E-state index is -0.562. The predicted octanol–water partition coefficient (Wildman–Crippen LogP) is 4.38. The fourth-order valence-corrected chi connectivity index (χ4v) is 2.72. The molecule has 1 atom stereocenters. The number of benzene rings is 2. The van der Waals surface area contributed by atoms with Crippen molar-refractivity contribution >= 4 is 40.9 Å². The van der Waals surface area contributed by atoms with Gasteiger partial charge in [-0.25, -0.2) is 0 Å². The van der Waals surface area contributed by atoms with E-state index in [0.717, 1.165) is 5.56 Å². The highest BCUT2D eigenvalue weighted by molar-refractivity contribution is 6.30. The number of Topliss-reactive ketones (excluding diaryl/α,β-unsaturated/α-hetero) is 1. The van der Waals surface area contributed by atoms with Crippen molar-refractivity contribution in [3.05, 3.63) is 69.7 Å². The lowest BCUT2D eigenvalue weighted by Crippen LogP contribution is -2.30. The monoisotopic (exact) mass is 407 g/mol. The zero-order valence-electron chi connectivity index (χ0n) is 14.7. The van der Waals surface area contributed by atoms with E-state index in [0.29, 0.717) is 15.6 Å². The Morgan fingerprint density at radius 2 is 1.48 bits per heavy atom. The molecule has 0 aliphatic rings. The smallest absolute Gasteiger partial charge is 0.307 e. The molecule has 142 valence electrons. The van der Waals surface area contributed by atoms with Gasteiger partial charge >= 0.3 is 5.97 Å². The van der Waals surface area contributed by atoms with Crippen molar-refractivity contribution in [2.75, 3.05) is 7.11 Å². The predicted molar refractivity (Wildman–Crippen MR) is 104 cm³/mol. The summed E-state index contributed by atoms with van der Waals surface area (Å²) < 4.78 is 4.69. The number of ketones is 1. The molecule has 0 aliphatic heterocycles. The number of carbonyl (C=O) groups excluding carboxylic acids is 3. The number of esters is 1. The van der Waals surface area contributed by atoms with Crippen molar-refractivity contribution in [1.29, 1.82) is 0 Å². The van der Waals surface area contributed by atoms with Crippen LogP contribution in [-0.2, 0) is 14.3 Å². The van der Waals surface area contributed by atoms with E-state index in [-0.39, 0.29) is 31.0 Å². The highest BCUT2D eigenvalue weighted by atomic mass is 35.5. The topological polar surface area (TPSA) is 72.5 Å². The van der Waals surface area contributed by atoms with Crippen LogP contribution >= 0.6 is 23.2 Å². The van der Waals surface area contributed by atoms with E-state index >= 15 is 0 Å². The Hall–Kier alpha value is -2.37. The van der Waals surface area contributed by atoms with Gasteiger partial charge in [-0.3, -0.25) is 14.4 Å². The highest BCUT2D eigenvalue weighted by Crippen LogP contribution is 2.20. The van der Waals surface area contributed by atoms with E-state index < -0.39 is 12.0 Å². The van der Waals surface area contributed by atoms with E-state index in [1.807, 2.05) is 0 Å². The zero-order valence-corrected chi connectivity index (χ0v) is 16.2. The summed E-state index contributed by atoms with van der Waals surface area (Å²) in [7, 11) is 1.29. The van der Waals surface area contributed by atoms with Crippen LogP contribution in [0.15, 0.2) is 48.5 Å². The van der Waals surface area contributed by atoms with Gasteiger partial charge in [0, 0.05) is 28.5 Å². The quantitative estimate of drug-likeness (QED) is 0.520. The van der Waals surface area contributed by atoms with Crippen LogP contribution in [0.3, 0.4) is 0 Å². The largest absolute Gasteiger partial charge is 0.469 e. The van der Waals surface area contributed by atoms with E-state index in [2.05, 4.69) is 5.32 Å². The van der Waals surface area contributed by atoms with Gasteiger partial charge in [-0.05, 0) is 42.0 Å². The van der Waals surface area contributed by atoms with Gasteiger partial charge in [0.25, 0.3) is 0 Å². The number of halogens is 2. The molecule has 1 amide bonds. The van der Waals surface area contributed by atoms with E-state index in [9.17, 15) is 14.4 Å². The Morgan fingerprint density at radius 3 is 2.04 bits per heavy atom. The van der Waals surface area contributed by atoms with Crippen LogP contribution in [0.5, 0.6) is 0 Å². The second kappa shape index (κ2) is 10.1. The number of methoxy groups -OCH3 is 1. The van der Waals surface area contributed by atoms with Gasteiger partial charge in [-0.2, -0.15) is 0 Å². The minimum Gasteiger partial charge on any atom is -0.469 e. The van der Waals surface area contributed by atoms with Crippen molar-refractivity contribution in [1.82, 2.24) is 5.32 Å². The summed E-state index contributed by atoms with van der Waals surface area (Å²) in [6.45, 7) is 0. The maximum absolute atomic E-state index is 12.3. The van der Waals surface area contributed by atoms with Gasteiger partial charge in [-0.1, -0.05) is 35.3 Å². The molecule has 1 N–H and O–H groups in total. The molecule has 0 fully saturated rings. The maximum atomic E-state index is 12.3. The number of amides is 1. The van der Waals surface area contributed by atoms with Crippen LogP contribution in [0, 0.1) is 0 Å². The van der Waals surface area contributed by atoms with Gasteiger partial charge in [0.15, 0.2) is 5.78 Å². The lowest BCUT2D eigenvalue weighted by molar-refractivity contribution is -0.141. The minimum absolute atomic E-state index is 0.00667. The molecule has 0 aromatic heterocycles. The van der Waals surface area contributed by atoms with E-state index in [1.165, 1.54) is 7.11 Å². The Bertz CT molecular complexity index is 804. The number of hydrogen-bond donors (Lipinski definition) is 1. The normalized spacial score (nSPS) is 11.5. The van der Waals surface area contributed by atoms with Crippen molar-refractivity contribution < 1.29 is 19.1 Å². The molecular formula is C20H19Cl2NO4. The van der Waals surface area contributed by atoms with Crippen LogP contribution in [0.1, 0.15) is 41.2 Å². The van der Waals surface area contributed by atoms with Crippen LogP contribution in [0.25, 0.3) is 0 Å². The maximum Gasteiger partial charge on any atom is 0.307 e. The first-order valence-corrected chi connectivity index (χ1v) is 9.05. The third-order valence-electron chi connectivity index (χ3n) is 3.95. The molecule has 7 heteroatoms. The molecule has 5 nitrogen and oxygen atoms in total. The third kappa shape index (κ3) is 6.70. The number of rotatable bonds is 8. The summed E-state index contributed by atoms with van der Waals surface area (Å²) in [5.41, 5.74) is 1.22. The molecule has 0 heterocycles. The lowest BCUT2D eigenvalue weighted by Gasteiger charge is -2.18. The second-order valence-electron chi connectivity index (χ2n) is 5.88. The molecule has 0 saturated carbocycles. The van der Waals surface area contributed by atoms with Crippen molar-refractivity contribution in [2.45, 2.75) is 25.3 Å². The van der Waals surface area contributed by atoms with Gasteiger partial charge in [-0.15, -0.1) is 0 Å². The first-order chi connectivity index (χ1) is 12.9. The summed E-state index contributed by atoms with van der Waals surface area (Å²) in [5.74, 6) is -0.938. The Balaban J connectivity index is 1.98. The average Bonchev–Trinajstić information content (AvgIpc) is 2.66. The number of carbonyl (C=O) groups is 3. The number of hydrogen-bond acceptors (Lipinski definition) is 4. The van der Waals surface area contributed by atoms with Crippen LogP contribution in [-0.4, -0.2) is 24.8 Å². The van der Waals surface area contributed by atoms with E-state index in [1.54, 1.807) is 48.5 Å². The summed E-state index contributed by atoms with van der Waals surface area (Å²) in [6.07, 6.45) is 0.0424. The Labute approximate surface area is 167 Å². The fraction of sp³-hybridized carbons (Fsp3) is 0.250. The molecule has 0 spiro atoms. The first kappa shape index (κ1) is 20.9. The Morgan fingerprint density at radius 1 is 0.926 bits per heavy atom. The number of nitrogens with one attached hydrogen (secondary N) is 1. The van der Waals surface area contributed by atoms with Crippen molar-refractivity contribution in [2.24, 2.45) is 0 Å². The SMILES string of the molecule is COC(=O)CC(NC(=O)CCC(=O)c1ccc(Cl)cc1)c1ccc(Cl)cc1. The molecular weight excluding hydrogens is 389 g/mol.